The average molecular weight is 139 g/mol. The molecule has 0 bridgehead atoms. The van der Waals surface area contributed by atoms with E-state index in [1.165, 1.54) is 39.0 Å². The Labute approximate surface area is 62.8 Å². The SMILES string of the molecule is [CH2-]N1CC(N2CCCC2)C1. The first-order valence-corrected chi connectivity index (χ1v) is 4.16. The van der Waals surface area contributed by atoms with Gasteiger partial charge in [0.2, 0.25) is 0 Å². The van der Waals surface area contributed by atoms with Gasteiger partial charge in [0.25, 0.3) is 0 Å². The van der Waals surface area contributed by atoms with E-state index in [9.17, 15) is 0 Å². The fourth-order valence-electron chi connectivity index (χ4n) is 1.88. The molecule has 0 radical (unpaired) electrons. The zero-order valence-corrected chi connectivity index (χ0v) is 6.42. The minimum atomic E-state index is 0.847. The molecule has 2 saturated heterocycles. The van der Waals surface area contributed by atoms with E-state index in [0.717, 1.165) is 6.04 Å². The lowest BCUT2D eigenvalue weighted by molar-refractivity contribution is 0.0830. The smallest absolute Gasteiger partial charge is 0.0302 e. The molecule has 10 heavy (non-hydrogen) atoms. The summed E-state index contributed by atoms with van der Waals surface area (Å²) in [5.41, 5.74) is 0. The van der Waals surface area contributed by atoms with E-state index < -0.39 is 0 Å². The highest BCUT2D eigenvalue weighted by Crippen LogP contribution is 2.18. The van der Waals surface area contributed by atoms with Crippen LogP contribution in [-0.2, 0) is 0 Å². The van der Waals surface area contributed by atoms with Gasteiger partial charge in [-0.05, 0) is 39.0 Å². The van der Waals surface area contributed by atoms with Crippen molar-refractivity contribution in [2.75, 3.05) is 26.2 Å². The number of nitrogens with zero attached hydrogens (tertiary/aromatic N) is 2. The van der Waals surface area contributed by atoms with Gasteiger partial charge in [0.15, 0.2) is 0 Å². The average Bonchev–Trinajstić information content (AvgIpc) is 2.31. The molecule has 2 fully saturated rings. The third-order valence-corrected chi connectivity index (χ3v) is 2.59. The van der Waals surface area contributed by atoms with Crippen LogP contribution in [0.1, 0.15) is 12.8 Å². The summed E-state index contributed by atoms with van der Waals surface area (Å²) in [6, 6.07) is 0.847. The van der Waals surface area contributed by atoms with Crippen LogP contribution < -0.4 is 0 Å². The maximum Gasteiger partial charge on any atom is 0.0302 e. The summed E-state index contributed by atoms with van der Waals surface area (Å²) >= 11 is 0. The molecule has 0 aliphatic carbocycles. The van der Waals surface area contributed by atoms with Crippen molar-refractivity contribution in [3.05, 3.63) is 7.05 Å². The van der Waals surface area contributed by atoms with E-state index in [1.807, 2.05) is 0 Å². The molecule has 0 spiro atoms. The zero-order chi connectivity index (χ0) is 6.97. The minimum absolute atomic E-state index is 0.847. The van der Waals surface area contributed by atoms with E-state index in [0.29, 0.717) is 0 Å². The van der Waals surface area contributed by atoms with Crippen molar-refractivity contribution >= 4 is 0 Å². The molecule has 2 heterocycles. The fraction of sp³-hybridized carbons (Fsp3) is 0.875. The van der Waals surface area contributed by atoms with Gasteiger partial charge in [0.1, 0.15) is 0 Å². The van der Waals surface area contributed by atoms with Gasteiger partial charge < -0.3 is 4.90 Å². The molecule has 0 atom stereocenters. The van der Waals surface area contributed by atoms with Crippen LogP contribution in [0.2, 0.25) is 0 Å². The topological polar surface area (TPSA) is 6.48 Å². The Bertz CT molecular complexity index is 112. The third-order valence-electron chi connectivity index (χ3n) is 2.59. The largest absolute Gasteiger partial charge is 0.457 e. The van der Waals surface area contributed by atoms with Crippen molar-refractivity contribution in [3.8, 4) is 0 Å². The summed E-state index contributed by atoms with van der Waals surface area (Å²) < 4.78 is 0. The summed E-state index contributed by atoms with van der Waals surface area (Å²) in [7, 11) is 3.87. The van der Waals surface area contributed by atoms with Crippen LogP contribution in [0.25, 0.3) is 0 Å². The molecular formula is C8H15N2-. The first-order valence-electron chi connectivity index (χ1n) is 4.16. The monoisotopic (exact) mass is 139 g/mol. The van der Waals surface area contributed by atoms with Crippen molar-refractivity contribution < 1.29 is 0 Å². The van der Waals surface area contributed by atoms with E-state index in [1.54, 1.807) is 0 Å². The normalized spacial score (nSPS) is 30.9. The lowest BCUT2D eigenvalue weighted by Gasteiger charge is -2.47. The third kappa shape index (κ3) is 1.06. The van der Waals surface area contributed by atoms with Gasteiger partial charge >= 0.3 is 0 Å². The van der Waals surface area contributed by atoms with Gasteiger partial charge in [-0.2, -0.15) is 0 Å². The standard InChI is InChI=1S/C8H15N2/c1-9-6-8(7-9)10-4-2-3-5-10/h8H,1-7H2/q-1. The Balaban J connectivity index is 1.78. The molecule has 2 aliphatic rings. The van der Waals surface area contributed by atoms with Crippen molar-refractivity contribution in [1.82, 2.24) is 9.80 Å². The van der Waals surface area contributed by atoms with Crippen LogP contribution in [0.4, 0.5) is 0 Å². The molecule has 58 valence electrons. The van der Waals surface area contributed by atoms with Gasteiger partial charge in [-0.1, -0.05) is 0 Å². The summed E-state index contributed by atoms with van der Waals surface area (Å²) in [5, 5.41) is 0. The summed E-state index contributed by atoms with van der Waals surface area (Å²) in [5.74, 6) is 0. The van der Waals surface area contributed by atoms with Gasteiger partial charge in [0, 0.05) is 6.04 Å². The molecular weight excluding hydrogens is 124 g/mol. The van der Waals surface area contributed by atoms with E-state index >= 15 is 0 Å². The molecule has 0 amide bonds. The quantitative estimate of drug-likeness (QED) is 0.490. The molecule has 0 N–H and O–H groups in total. The molecule has 2 rings (SSSR count). The lowest BCUT2D eigenvalue weighted by Crippen LogP contribution is -2.55. The maximum absolute atomic E-state index is 3.87. The lowest BCUT2D eigenvalue weighted by atomic mass is 10.1. The fourth-order valence-corrected chi connectivity index (χ4v) is 1.88. The predicted molar refractivity (Wildman–Crippen MR) is 41.5 cm³/mol. The molecule has 2 nitrogen and oxygen atoms in total. The van der Waals surface area contributed by atoms with Crippen LogP contribution >= 0.6 is 0 Å². The van der Waals surface area contributed by atoms with E-state index in [-0.39, 0.29) is 0 Å². The van der Waals surface area contributed by atoms with Crippen LogP contribution in [0.3, 0.4) is 0 Å². The van der Waals surface area contributed by atoms with Gasteiger partial charge in [-0.15, -0.1) is 0 Å². The van der Waals surface area contributed by atoms with Crippen molar-refractivity contribution in [2.45, 2.75) is 18.9 Å². The number of hydrogen-bond acceptors (Lipinski definition) is 2. The van der Waals surface area contributed by atoms with Gasteiger partial charge in [-0.25, -0.2) is 0 Å². The van der Waals surface area contributed by atoms with Crippen LogP contribution in [0.15, 0.2) is 0 Å². The van der Waals surface area contributed by atoms with Crippen LogP contribution in [0.5, 0.6) is 0 Å². The number of hydrogen-bond donors (Lipinski definition) is 0. The molecule has 0 unspecified atom stereocenters. The Hall–Kier alpha value is -0.0800. The van der Waals surface area contributed by atoms with Crippen LogP contribution in [-0.4, -0.2) is 42.0 Å². The Kier molecular flexibility index (Phi) is 1.66. The Morgan fingerprint density at radius 1 is 1.10 bits per heavy atom. The molecule has 2 heteroatoms. The van der Waals surface area contributed by atoms with Crippen LogP contribution in [0, 0.1) is 7.05 Å². The van der Waals surface area contributed by atoms with Gasteiger partial charge in [-0.3, -0.25) is 11.9 Å². The maximum atomic E-state index is 3.87. The molecule has 0 aromatic heterocycles. The number of likely N-dealkylation sites (tertiary alicyclic amines) is 2. The molecule has 0 saturated carbocycles. The summed E-state index contributed by atoms with van der Waals surface area (Å²) in [4.78, 5) is 4.74. The molecule has 0 aromatic carbocycles. The minimum Gasteiger partial charge on any atom is -0.457 e. The first-order chi connectivity index (χ1) is 4.86. The second kappa shape index (κ2) is 2.51. The Morgan fingerprint density at radius 2 is 1.70 bits per heavy atom. The van der Waals surface area contributed by atoms with E-state index in [2.05, 4.69) is 16.8 Å². The van der Waals surface area contributed by atoms with Gasteiger partial charge in [0.05, 0.1) is 0 Å². The van der Waals surface area contributed by atoms with Crippen molar-refractivity contribution in [3.63, 3.8) is 0 Å². The highest BCUT2D eigenvalue weighted by Gasteiger charge is 2.27. The molecule has 0 aromatic rings. The second-order valence-corrected chi connectivity index (χ2v) is 3.43. The Morgan fingerprint density at radius 3 is 2.20 bits per heavy atom. The highest BCUT2D eigenvalue weighted by molar-refractivity contribution is 4.89. The molecule has 2 aliphatic heterocycles. The summed E-state index contributed by atoms with van der Waals surface area (Å²) in [6.45, 7) is 5.05. The zero-order valence-electron chi connectivity index (χ0n) is 6.42. The second-order valence-electron chi connectivity index (χ2n) is 3.43. The predicted octanol–water partition coefficient (Wildman–Crippen LogP) is 0.558. The highest BCUT2D eigenvalue weighted by atomic mass is 15.3. The summed E-state index contributed by atoms with van der Waals surface area (Å²) in [6.07, 6.45) is 2.82. The van der Waals surface area contributed by atoms with Crippen molar-refractivity contribution in [2.24, 2.45) is 0 Å². The first kappa shape index (κ1) is 6.62. The number of rotatable bonds is 1. The van der Waals surface area contributed by atoms with E-state index in [4.69, 9.17) is 0 Å². The van der Waals surface area contributed by atoms with Crippen molar-refractivity contribution in [1.29, 1.82) is 0 Å².